The number of hydrogen-bond donors (Lipinski definition) is 2. The molecule has 154 valence electrons. The zero-order valence-electron chi connectivity index (χ0n) is 17.2. The van der Waals surface area contributed by atoms with E-state index < -0.39 is 6.10 Å². The lowest BCUT2D eigenvalue weighted by molar-refractivity contribution is -0.0219. The van der Waals surface area contributed by atoms with E-state index in [1.165, 1.54) is 0 Å². The fourth-order valence-corrected chi connectivity index (χ4v) is 3.91. The summed E-state index contributed by atoms with van der Waals surface area (Å²) in [6.07, 6.45) is 3.52. The number of nitrogens with zero attached hydrogens (tertiary/aromatic N) is 6. The lowest BCUT2D eigenvalue weighted by Gasteiger charge is -2.35. The molecule has 1 aliphatic heterocycles. The molecule has 0 saturated carbocycles. The first-order valence-corrected chi connectivity index (χ1v) is 9.86. The minimum atomic E-state index is -0.558. The van der Waals surface area contributed by atoms with Crippen LogP contribution in [0, 0.1) is 6.92 Å². The first-order valence-electron chi connectivity index (χ1n) is 9.86. The molecule has 3 aromatic rings. The van der Waals surface area contributed by atoms with Crippen molar-refractivity contribution in [3.8, 4) is 0 Å². The standard InChI is InChI=1S/C20H27N7O2/c1-12(2)27-13(3)23-14-10-22-19(9-15(14)27)24-18-5-7-21-20(25-18)26-8-6-17(29-4)16(28)11-26/h5,7,9-10,12,16-17,28H,6,8,11H2,1-4H3,(H,21,22,24,25). The van der Waals surface area contributed by atoms with Crippen LogP contribution in [0.25, 0.3) is 11.0 Å². The summed E-state index contributed by atoms with van der Waals surface area (Å²) < 4.78 is 7.50. The van der Waals surface area contributed by atoms with Crippen LogP contribution in [0.2, 0.25) is 0 Å². The number of pyridine rings is 1. The number of aryl methyl sites for hydroxylation is 1. The number of aliphatic hydroxyl groups excluding tert-OH is 1. The van der Waals surface area contributed by atoms with Crippen molar-refractivity contribution < 1.29 is 9.84 Å². The number of imidazole rings is 1. The van der Waals surface area contributed by atoms with Crippen molar-refractivity contribution in [3.05, 3.63) is 30.4 Å². The van der Waals surface area contributed by atoms with Gasteiger partial charge in [0.25, 0.3) is 0 Å². The van der Waals surface area contributed by atoms with Crippen LogP contribution in [0.3, 0.4) is 0 Å². The number of rotatable bonds is 5. The molecule has 1 aliphatic rings. The summed E-state index contributed by atoms with van der Waals surface area (Å²) in [5.74, 6) is 2.89. The molecule has 0 radical (unpaired) electrons. The van der Waals surface area contributed by atoms with E-state index in [1.54, 1.807) is 25.6 Å². The van der Waals surface area contributed by atoms with Gasteiger partial charge < -0.3 is 24.6 Å². The van der Waals surface area contributed by atoms with Gasteiger partial charge in [-0.05, 0) is 33.3 Å². The summed E-state index contributed by atoms with van der Waals surface area (Å²) in [5.41, 5.74) is 1.91. The van der Waals surface area contributed by atoms with Crippen molar-refractivity contribution in [2.45, 2.75) is 45.4 Å². The number of hydrogen-bond acceptors (Lipinski definition) is 8. The van der Waals surface area contributed by atoms with Gasteiger partial charge in [0.05, 0.1) is 23.9 Å². The van der Waals surface area contributed by atoms with Gasteiger partial charge >= 0.3 is 0 Å². The van der Waals surface area contributed by atoms with E-state index >= 15 is 0 Å². The van der Waals surface area contributed by atoms with Gasteiger partial charge in [-0.3, -0.25) is 0 Å². The van der Waals surface area contributed by atoms with Crippen molar-refractivity contribution in [3.63, 3.8) is 0 Å². The number of aromatic nitrogens is 5. The molecule has 0 bridgehead atoms. The number of β-amino-alcohol motifs (C(OH)–C–C–N with tert-alkyl or cyclic N) is 1. The largest absolute Gasteiger partial charge is 0.389 e. The minimum absolute atomic E-state index is 0.141. The summed E-state index contributed by atoms with van der Waals surface area (Å²) in [7, 11) is 1.63. The molecule has 4 heterocycles. The van der Waals surface area contributed by atoms with Crippen molar-refractivity contribution in [2.24, 2.45) is 0 Å². The maximum atomic E-state index is 10.2. The molecule has 9 nitrogen and oxygen atoms in total. The quantitative estimate of drug-likeness (QED) is 0.677. The Morgan fingerprint density at radius 2 is 2.07 bits per heavy atom. The van der Waals surface area contributed by atoms with Crippen LogP contribution in [0.4, 0.5) is 17.6 Å². The predicted octanol–water partition coefficient (Wildman–Crippen LogP) is 2.44. The second-order valence-electron chi connectivity index (χ2n) is 7.62. The van der Waals surface area contributed by atoms with Crippen molar-refractivity contribution >= 4 is 28.6 Å². The summed E-state index contributed by atoms with van der Waals surface area (Å²) >= 11 is 0. The molecule has 2 atom stereocenters. The van der Waals surface area contributed by atoms with Gasteiger partial charge in [0.2, 0.25) is 5.95 Å². The molecule has 0 aromatic carbocycles. The van der Waals surface area contributed by atoms with E-state index in [0.717, 1.165) is 29.8 Å². The van der Waals surface area contributed by atoms with E-state index in [-0.39, 0.29) is 6.10 Å². The highest BCUT2D eigenvalue weighted by Crippen LogP contribution is 2.24. The molecular formula is C20H27N7O2. The lowest BCUT2D eigenvalue weighted by atomic mass is 10.1. The van der Waals surface area contributed by atoms with Crippen LogP contribution in [0.15, 0.2) is 24.5 Å². The van der Waals surface area contributed by atoms with Gasteiger partial charge in [0, 0.05) is 38.5 Å². The SMILES string of the molecule is COC1CCN(c2nccc(Nc3cc4c(cn3)nc(C)n4C(C)C)n2)CC1O. The molecule has 3 aromatic heterocycles. The Kier molecular flexibility index (Phi) is 5.33. The zero-order chi connectivity index (χ0) is 20.5. The maximum absolute atomic E-state index is 10.2. The number of anilines is 3. The fourth-order valence-electron chi connectivity index (χ4n) is 3.91. The van der Waals surface area contributed by atoms with Crippen LogP contribution in [0.1, 0.15) is 32.1 Å². The predicted molar refractivity (Wildman–Crippen MR) is 112 cm³/mol. The number of nitrogens with one attached hydrogen (secondary N) is 1. The smallest absolute Gasteiger partial charge is 0.227 e. The van der Waals surface area contributed by atoms with Crippen molar-refractivity contribution in [1.29, 1.82) is 0 Å². The molecule has 1 saturated heterocycles. The fraction of sp³-hybridized carbons (Fsp3) is 0.500. The highest BCUT2D eigenvalue weighted by atomic mass is 16.5. The summed E-state index contributed by atoms with van der Waals surface area (Å²) in [4.78, 5) is 20.0. The lowest BCUT2D eigenvalue weighted by Crippen LogP contribution is -2.48. The molecule has 0 amide bonds. The van der Waals surface area contributed by atoms with Crippen LogP contribution in [-0.2, 0) is 4.74 Å². The molecule has 0 spiro atoms. The number of aliphatic hydroxyl groups is 1. The molecular weight excluding hydrogens is 370 g/mol. The summed E-state index contributed by atoms with van der Waals surface area (Å²) in [6, 6.07) is 4.10. The summed E-state index contributed by atoms with van der Waals surface area (Å²) in [6.45, 7) is 7.46. The van der Waals surface area contributed by atoms with E-state index in [9.17, 15) is 5.11 Å². The third-order valence-electron chi connectivity index (χ3n) is 5.27. The number of piperidine rings is 1. The molecule has 2 unspecified atom stereocenters. The van der Waals surface area contributed by atoms with Crippen molar-refractivity contribution in [2.75, 3.05) is 30.4 Å². The average molecular weight is 397 g/mol. The second kappa shape index (κ2) is 7.92. The van der Waals surface area contributed by atoms with E-state index in [1.807, 2.05) is 17.9 Å². The second-order valence-corrected chi connectivity index (χ2v) is 7.62. The molecule has 9 heteroatoms. The monoisotopic (exact) mass is 397 g/mol. The Labute approximate surface area is 169 Å². The van der Waals surface area contributed by atoms with Gasteiger partial charge in [-0.2, -0.15) is 4.98 Å². The van der Waals surface area contributed by atoms with Gasteiger partial charge in [0.15, 0.2) is 0 Å². The molecule has 29 heavy (non-hydrogen) atoms. The number of methoxy groups -OCH3 is 1. The topological polar surface area (TPSA) is 101 Å². The highest BCUT2D eigenvalue weighted by molar-refractivity contribution is 5.79. The Hall–Kier alpha value is -2.78. The van der Waals surface area contributed by atoms with Crippen LogP contribution >= 0.6 is 0 Å². The minimum Gasteiger partial charge on any atom is -0.389 e. The van der Waals surface area contributed by atoms with Crippen molar-refractivity contribution in [1.82, 2.24) is 24.5 Å². The van der Waals surface area contributed by atoms with Gasteiger partial charge in [0.1, 0.15) is 23.0 Å². The number of fused-ring (bicyclic) bond motifs is 1. The van der Waals surface area contributed by atoms with E-state index in [4.69, 9.17) is 4.74 Å². The summed E-state index contributed by atoms with van der Waals surface area (Å²) in [5, 5.41) is 13.5. The zero-order valence-corrected chi connectivity index (χ0v) is 17.2. The Balaban J connectivity index is 1.56. The first kappa shape index (κ1) is 19.5. The Bertz CT molecular complexity index is 1000. The number of ether oxygens (including phenoxy) is 1. The van der Waals surface area contributed by atoms with Gasteiger partial charge in [-0.25, -0.2) is 15.0 Å². The van der Waals surface area contributed by atoms with E-state index in [2.05, 4.69) is 43.7 Å². The van der Waals surface area contributed by atoms with Crippen LogP contribution < -0.4 is 10.2 Å². The molecule has 1 fully saturated rings. The van der Waals surface area contributed by atoms with Gasteiger partial charge in [-0.1, -0.05) is 0 Å². The third-order valence-corrected chi connectivity index (χ3v) is 5.27. The van der Waals surface area contributed by atoms with Crippen LogP contribution in [0.5, 0.6) is 0 Å². The average Bonchev–Trinajstić information content (AvgIpc) is 3.03. The van der Waals surface area contributed by atoms with E-state index in [0.29, 0.717) is 30.2 Å². The third kappa shape index (κ3) is 3.88. The Morgan fingerprint density at radius 3 is 2.79 bits per heavy atom. The molecule has 4 rings (SSSR count). The highest BCUT2D eigenvalue weighted by Gasteiger charge is 2.28. The Morgan fingerprint density at radius 1 is 1.24 bits per heavy atom. The maximum Gasteiger partial charge on any atom is 0.227 e. The normalized spacial score (nSPS) is 19.9. The molecule has 2 N–H and O–H groups in total. The molecule has 0 aliphatic carbocycles. The van der Waals surface area contributed by atoms with Crippen LogP contribution in [-0.4, -0.2) is 62.0 Å². The van der Waals surface area contributed by atoms with Gasteiger partial charge in [-0.15, -0.1) is 0 Å². The first-order chi connectivity index (χ1) is 14.0.